The topological polar surface area (TPSA) is 102 Å². The van der Waals surface area contributed by atoms with Crippen LogP contribution in [-0.2, 0) is 17.8 Å². The van der Waals surface area contributed by atoms with E-state index in [9.17, 15) is 9.90 Å². The van der Waals surface area contributed by atoms with Gasteiger partial charge >= 0.3 is 6.03 Å². The molecule has 2 aromatic rings. The number of aliphatic hydroxyl groups excluding tert-OH is 1. The Labute approximate surface area is 236 Å². The van der Waals surface area contributed by atoms with Crippen molar-refractivity contribution < 1.29 is 38.3 Å². The normalized spacial score (nSPS) is 18.8. The molecule has 40 heavy (non-hydrogen) atoms. The molecule has 11 heteroatoms. The lowest BCUT2D eigenvalue weighted by Gasteiger charge is -2.45. The van der Waals surface area contributed by atoms with Gasteiger partial charge in [0.25, 0.3) is 0 Å². The van der Waals surface area contributed by atoms with Gasteiger partial charge in [0.15, 0.2) is 17.7 Å². The van der Waals surface area contributed by atoms with Crippen molar-refractivity contribution in [3.8, 4) is 28.7 Å². The number of urea groups is 1. The van der Waals surface area contributed by atoms with Crippen LogP contribution in [0.4, 0.5) is 4.79 Å². The van der Waals surface area contributed by atoms with Crippen LogP contribution in [0.5, 0.6) is 28.7 Å². The van der Waals surface area contributed by atoms with Crippen LogP contribution in [0.2, 0.25) is 0 Å². The lowest BCUT2D eigenvalue weighted by Crippen LogP contribution is -2.58. The van der Waals surface area contributed by atoms with Gasteiger partial charge in [-0.05, 0) is 48.2 Å². The molecule has 2 aliphatic heterocycles. The van der Waals surface area contributed by atoms with Crippen LogP contribution in [0.15, 0.2) is 30.3 Å². The lowest BCUT2D eigenvalue weighted by molar-refractivity contribution is -0.0601. The fourth-order valence-electron chi connectivity index (χ4n) is 5.80. The van der Waals surface area contributed by atoms with Gasteiger partial charge in [-0.2, -0.15) is 0 Å². The Morgan fingerprint density at radius 3 is 1.88 bits per heavy atom. The van der Waals surface area contributed by atoms with E-state index in [2.05, 4.69) is 4.90 Å². The van der Waals surface area contributed by atoms with E-state index < -0.39 is 11.8 Å². The lowest BCUT2D eigenvalue weighted by atomic mass is 9.84. The molecule has 220 valence electrons. The first-order valence-electron chi connectivity index (χ1n) is 13.3. The number of nitrogens with zero attached hydrogens (tertiary/aromatic N) is 3. The maximum absolute atomic E-state index is 13.8. The summed E-state index contributed by atoms with van der Waals surface area (Å²) in [5, 5.41) is 11.7. The zero-order chi connectivity index (χ0) is 28.9. The van der Waals surface area contributed by atoms with Crippen molar-refractivity contribution in [3.05, 3.63) is 41.5 Å². The maximum atomic E-state index is 13.8. The summed E-state index contributed by atoms with van der Waals surface area (Å²) in [6.45, 7) is 3.10. The van der Waals surface area contributed by atoms with E-state index in [1.165, 1.54) is 4.90 Å². The zero-order valence-electron chi connectivity index (χ0n) is 24.3. The summed E-state index contributed by atoms with van der Waals surface area (Å²) in [6.07, 6.45) is 0.252. The standard InChI is InChI=1S/C29H41N3O8/c1-35-12-11-32-28(34)31(19-21-15-24(38-4)26(40-6)25(16-21)39-5)27(33)29(32)7-9-30(10-8-29)18-20-13-22(36-2)17-23(14-20)37-3/h13-17,27,33H,7-12,18-19H2,1-6H3. The molecule has 4 rings (SSSR count). The van der Waals surface area contributed by atoms with Crippen molar-refractivity contribution in [2.45, 2.75) is 37.7 Å². The van der Waals surface area contributed by atoms with Gasteiger partial charge < -0.3 is 38.4 Å². The number of carbonyl (C=O) groups excluding carboxylic acids is 1. The van der Waals surface area contributed by atoms with E-state index in [0.717, 1.165) is 22.6 Å². The van der Waals surface area contributed by atoms with Gasteiger partial charge in [0.05, 0.1) is 54.2 Å². The number of ether oxygens (including phenoxy) is 6. The highest BCUT2D eigenvalue weighted by molar-refractivity contribution is 5.79. The van der Waals surface area contributed by atoms with E-state index in [1.807, 2.05) is 18.2 Å². The Bertz CT molecular complexity index is 1120. The summed E-state index contributed by atoms with van der Waals surface area (Å²) >= 11 is 0. The molecule has 2 fully saturated rings. The Kier molecular flexibility index (Phi) is 9.49. The summed E-state index contributed by atoms with van der Waals surface area (Å²) in [4.78, 5) is 19.4. The molecule has 1 unspecified atom stereocenters. The minimum absolute atomic E-state index is 0.190. The molecule has 1 spiro atoms. The van der Waals surface area contributed by atoms with E-state index in [-0.39, 0.29) is 12.6 Å². The minimum Gasteiger partial charge on any atom is -0.497 e. The largest absolute Gasteiger partial charge is 0.497 e. The third-order valence-corrected chi connectivity index (χ3v) is 7.93. The number of amides is 2. The first-order valence-corrected chi connectivity index (χ1v) is 13.3. The summed E-state index contributed by atoms with van der Waals surface area (Å²) < 4.78 is 32.6. The Morgan fingerprint density at radius 2 is 1.38 bits per heavy atom. The molecule has 0 aliphatic carbocycles. The van der Waals surface area contributed by atoms with E-state index in [0.29, 0.717) is 62.9 Å². The highest BCUT2D eigenvalue weighted by Crippen LogP contribution is 2.43. The number of piperidine rings is 1. The van der Waals surface area contributed by atoms with Gasteiger partial charge in [-0.25, -0.2) is 4.79 Å². The molecule has 0 saturated carbocycles. The molecular formula is C29H41N3O8. The van der Waals surface area contributed by atoms with Crippen molar-refractivity contribution in [3.63, 3.8) is 0 Å². The van der Waals surface area contributed by atoms with Crippen LogP contribution in [0.25, 0.3) is 0 Å². The first-order chi connectivity index (χ1) is 19.3. The minimum atomic E-state index is -0.991. The fraction of sp³-hybridized carbons (Fsp3) is 0.552. The zero-order valence-corrected chi connectivity index (χ0v) is 24.3. The number of rotatable bonds is 12. The number of methoxy groups -OCH3 is 6. The van der Waals surface area contributed by atoms with E-state index in [4.69, 9.17) is 28.4 Å². The summed E-state index contributed by atoms with van der Waals surface area (Å²) in [7, 11) is 9.53. The molecule has 2 heterocycles. The maximum Gasteiger partial charge on any atom is 0.323 e. The molecule has 2 amide bonds. The number of hydrogen-bond acceptors (Lipinski definition) is 9. The molecule has 1 N–H and O–H groups in total. The fourth-order valence-corrected chi connectivity index (χ4v) is 5.80. The van der Waals surface area contributed by atoms with Gasteiger partial charge in [0, 0.05) is 39.4 Å². The molecular weight excluding hydrogens is 518 g/mol. The molecule has 11 nitrogen and oxygen atoms in total. The predicted molar refractivity (Wildman–Crippen MR) is 148 cm³/mol. The molecule has 2 aliphatic rings. The quantitative estimate of drug-likeness (QED) is 0.421. The van der Waals surface area contributed by atoms with Crippen LogP contribution in [0.3, 0.4) is 0 Å². The Morgan fingerprint density at radius 1 is 0.800 bits per heavy atom. The van der Waals surface area contributed by atoms with Gasteiger partial charge in [-0.15, -0.1) is 0 Å². The molecule has 2 aromatic carbocycles. The number of carbonyl (C=O) groups is 1. The molecule has 1 atom stereocenters. The molecule has 2 saturated heterocycles. The highest BCUT2D eigenvalue weighted by Gasteiger charge is 2.57. The second-order valence-electron chi connectivity index (χ2n) is 10.1. The molecule has 0 aromatic heterocycles. The second kappa shape index (κ2) is 12.8. The van der Waals surface area contributed by atoms with Crippen molar-refractivity contribution in [1.29, 1.82) is 0 Å². The van der Waals surface area contributed by atoms with Crippen LogP contribution in [0.1, 0.15) is 24.0 Å². The number of benzene rings is 2. The van der Waals surface area contributed by atoms with Gasteiger partial charge in [0.1, 0.15) is 11.5 Å². The monoisotopic (exact) mass is 559 g/mol. The Hall–Kier alpha value is -3.41. The van der Waals surface area contributed by atoms with Gasteiger partial charge in [-0.3, -0.25) is 9.80 Å². The van der Waals surface area contributed by atoms with E-state index >= 15 is 0 Å². The molecule has 0 bridgehead atoms. The van der Waals surface area contributed by atoms with Crippen LogP contribution in [-0.4, -0.2) is 107 Å². The Balaban J connectivity index is 1.54. The average molecular weight is 560 g/mol. The smallest absolute Gasteiger partial charge is 0.323 e. The second-order valence-corrected chi connectivity index (χ2v) is 10.1. The van der Waals surface area contributed by atoms with Crippen molar-refractivity contribution >= 4 is 6.03 Å². The number of aliphatic hydroxyl groups is 1. The van der Waals surface area contributed by atoms with Crippen LogP contribution in [0, 0.1) is 0 Å². The SMILES string of the molecule is COCCN1C(=O)N(Cc2cc(OC)c(OC)c(OC)c2)C(O)C12CCN(Cc1cc(OC)cc(OC)c1)CC2. The third-order valence-electron chi connectivity index (χ3n) is 7.93. The number of hydrogen-bond donors (Lipinski definition) is 1. The summed E-state index contributed by atoms with van der Waals surface area (Å²) in [5.74, 6) is 2.94. The van der Waals surface area contributed by atoms with Crippen molar-refractivity contribution in [1.82, 2.24) is 14.7 Å². The van der Waals surface area contributed by atoms with Gasteiger partial charge in [0.2, 0.25) is 5.75 Å². The summed E-state index contributed by atoms with van der Waals surface area (Å²) in [6, 6.07) is 9.25. The van der Waals surface area contributed by atoms with Crippen molar-refractivity contribution in [2.24, 2.45) is 0 Å². The average Bonchev–Trinajstić information content (AvgIpc) is 3.16. The third kappa shape index (κ3) is 5.72. The number of likely N-dealkylation sites (tertiary alicyclic amines) is 1. The first kappa shape index (κ1) is 29.6. The van der Waals surface area contributed by atoms with Crippen LogP contribution < -0.4 is 23.7 Å². The van der Waals surface area contributed by atoms with Crippen molar-refractivity contribution in [2.75, 3.05) is 68.9 Å². The highest BCUT2D eigenvalue weighted by atomic mass is 16.5. The molecule has 0 radical (unpaired) electrons. The predicted octanol–water partition coefficient (Wildman–Crippen LogP) is 2.97. The van der Waals surface area contributed by atoms with E-state index in [1.54, 1.807) is 59.7 Å². The van der Waals surface area contributed by atoms with Crippen LogP contribution >= 0.6 is 0 Å². The van der Waals surface area contributed by atoms with Gasteiger partial charge in [-0.1, -0.05) is 0 Å². The summed E-state index contributed by atoms with van der Waals surface area (Å²) in [5.41, 5.74) is 1.12.